The van der Waals surface area contributed by atoms with Crippen LogP contribution in [0.1, 0.15) is 45.8 Å². The van der Waals surface area contributed by atoms with Gasteiger partial charge in [0.05, 0.1) is 10.9 Å². The number of carbonyl (C=O) groups is 1. The summed E-state index contributed by atoms with van der Waals surface area (Å²) in [5, 5.41) is 5.28. The van der Waals surface area contributed by atoms with Crippen LogP contribution in [0.5, 0.6) is 0 Å². The third-order valence-corrected chi connectivity index (χ3v) is 5.30. The van der Waals surface area contributed by atoms with Gasteiger partial charge in [-0.25, -0.2) is 4.98 Å². The molecule has 1 atom stereocenters. The number of thiophene rings is 1. The summed E-state index contributed by atoms with van der Waals surface area (Å²) in [5.74, 6) is 0.141. The van der Waals surface area contributed by atoms with Gasteiger partial charge >= 0.3 is 0 Å². The second kappa shape index (κ2) is 5.94. The van der Waals surface area contributed by atoms with E-state index in [0.29, 0.717) is 6.04 Å². The molecule has 0 bridgehead atoms. The standard InChI is InChI=1S/C14H18N2OS2/c1-9-7-19-14(15-9)10(2)16(4)6-12-5-13(11(3)17)18-8-12/h5,7-8,10H,6H2,1-4H3. The first-order chi connectivity index (χ1) is 8.97. The molecule has 5 heteroatoms. The lowest BCUT2D eigenvalue weighted by atomic mass is 10.2. The van der Waals surface area contributed by atoms with E-state index in [1.807, 2.05) is 13.0 Å². The third kappa shape index (κ3) is 3.49. The van der Waals surface area contributed by atoms with Crippen LogP contribution in [0.2, 0.25) is 0 Å². The van der Waals surface area contributed by atoms with Gasteiger partial charge in [0.25, 0.3) is 0 Å². The molecule has 1 unspecified atom stereocenters. The Hall–Kier alpha value is -1.04. The number of thiazole rings is 1. The van der Waals surface area contributed by atoms with Gasteiger partial charge in [-0.15, -0.1) is 22.7 Å². The Bertz CT molecular complexity index is 574. The minimum absolute atomic E-state index is 0.141. The topological polar surface area (TPSA) is 33.2 Å². The van der Waals surface area contributed by atoms with Gasteiger partial charge in [-0.3, -0.25) is 9.69 Å². The number of Topliss-reactive ketones (excluding diaryl/α,β-unsaturated/α-hetero) is 1. The van der Waals surface area contributed by atoms with Crippen molar-refractivity contribution in [1.82, 2.24) is 9.88 Å². The van der Waals surface area contributed by atoms with E-state index in [4.69, 9.17) is 0 Å². The predicted molar refractivity (Wildman–Crippen MR) is 81.1 cm³/mol. The van der Waals surface area contributed by atoms with Crippen molar-refractivity contribution in [3.8, 4) is 0 Å². The number of ketones is 1. The smallest absolute Gasteiger partial charge is 0.169 e. The molecule has 2 rings (SSSR count). The fraction of sp³-hybridized carbons (Fsp3) is 0.429. The van der Waals surface area contributed by atoms with E-state index in [-0.39, 0.29) is 5.78 Å². The predicted octanol–water partition coefficient (Wildman–Crippen LogP) is 3.91. The molecule has 0 radical (unpaired) electrons. The van der Waals surface area contributed by atoms with Crippen LogP contribution in [0.4, 0.5) is 0 Å². The molecule has 0 aliphatic rings. The third-order valence-electron chi connectivity index (χ3n) is 3.09. The molecule has 0 spiro atoms. The molecule has 2 aromatic heterocycles. The van der Waals surface area contributed by atoms with E-state index in [1.54, 1.807) is 18.3 Å². The highest BCUT2D eigenvalue weighted by molar-refractivity contribution is 7.12. The largest absolute Gasteiger partial charge is 0.294 e. The van der Waals surface area contributed by atoms with Crippen molar-refractivity contribution in [2.75, 3.05) is 7.05 Å². The summed E-state index contributed by atoms with van der Waals surface area (Å²) in [5.41, 5.74) is 2.27. The Labute approximate surface area is 121 Å². The summed E-state index contributed by atoms with van der Waals surface area (Å²) in [4.78, 5) is 18.9. The van der Waals surface area contributed by atoms with Crippen molar-refractivity contribution < 1.29 is 4.79 Å². The Balaban J connectivity index is 2.03. The first-order valence-corrected chi connectivity index (χ1v) is 7.94. The average Bonchev–Trinajstić information content (AvgIpc) is 2.97. The van der Waals surface area contributed by atoms with Gasteiger partial charge in [0.15, 0.2) is 5.78 Å². The monoisotopic (exact) mass is 294 g/mol. The van der Waals surface area contributed by atoms with Gasteiger partial charge in [0.1, 0.15) is 5.01 Å². The number of carbonyl (C=O) groups excluding carboxylic acids is 1. The molecule has 0 fully saturated rings. The van der Waals surface area contributed by atoms with Crippen LogP contribution >= 0.6 is 22.7 Å². The lowest BCUT2D eigenvalue weighted by molar-refractivity contribution is 0.102. The molecule has 102 valence electrons. The number of rotatable bonds is 5. The zero-order valence-corrected chi connectivity index (χ0v) is 13.3. The number of nitrogens with zero attached hydrogens (tertiary/aromatic N) is 2. The van der Waals surface area contributed by atoms with Gasteiger partial charge in [-0.2, -0.15) is 0 Å². The second-order valence-corrected chi connectivity index (χ2v) is 6.59. The van der Waals surface area contributed by atoms with E-state index < -0.39 is 0 Å². The Morgan fingerprint density at radius 3 is 2.68 bits per heavy atom. The second-order valence-electron chi connectivity index (χ2n) is 4.79. The van der Waals surface area contributed by atoms with Gasteiger partial charge in [-0.05, 0) is 44.8 Å². The summed E-state index contributed by atoms with van der Waals surface area (Å²) in [6, 6.07) is 2.28. The van der Waals surface area contributed by atoms with Crippen molar-refractivity contribution in [3.05, 3.63) is 38.0 Å². The summed E-state index contributed by atoms with van der Waals surface area (Å²) in [6.07, 6.45) is 0. The van der Waals surface area contributed by atoms with Gasteiger partial charge in [0, 0.05) is 17.6 Å². The normalized spacial score (nSPS) is 12.9. The number of hydrogen-bond acceptors (Lipinski definition) is 5. The molecule has 19 heavy (non-hydrogen) atoms. The minimum Gasteiger partial charge on any atom is -0.294 e. The van der Waals surface area contributed by atoms with Crippen molar-refractivity contribution >= 4 is 28.5 Å². The molecule has 0 amide bonds. The SMILES string of the molecule is CC(=O)c1cc(CN(C)C(C)c2nc(C)cs2)cs1. The summed E-state index contributed by atoms with van der Waals surface area (Å²) in [6.45, 7) is 6.63. The van der Waals surface area contributed by atoms with E-state index in [2.05, 4.69) is 34.6 Å². The fourth-order valence-electron chi connectivity index (χ4n) is 1.82. The van der Waals surface area contributed by atoms with Crippen LogP contribution in [0.3, 0.4) is 0 Å². The maximum Gasteiger partial charge on any atom is 0.169 e. The fourth-order valence-corrected chi connectivity index (χ4v) is 3.54. The highest BCUT2D eigenvalue weighted by Crippen LogP contribution is 2.25. The number of aryl methyl sites for hydroxylation is 1. The molecular weight excluding hydrogens is 276 g/mol. The molecule has 2 aromatic rings. The Morgan fingerprint density at radius 2 is 2.16 bits per heavy atom. The van der Waals surface area contributed by atoms with Gasteiger partial charge < -0.3 is 0 Å². The van der Waals surface area contributed by atoms with E-state index in [1.165, 1.54) is 16.9 Å². The first-order valence-electron chi connectivity index (χ1n) is 6.18. The summed E-state index contributed by atoms with van der Waals surface area (Å²) < 4.78 is 0. The molecule has 2 heterocycles. The molecule has 0 aliphatic carbocycles. The van der Waals surface area contributed by atoms with E-state index in [0.717, 1.165) is 22.1 Å². The van der Waals surface area contributed by atoms with Crippen molar-refractivity contribution in [2.45, 2.75) is 33.4 Å². The Kier molecular flexibility index (Phi) is 4.50. The highest BCUT2D eigenvalue weighted by atomic mass is 32.1. The van der Waals surface area contributed by atoms with Gasteiger partial charge in [-0.1, -0.05) is 0 Å². The first kappa shape index (κ1) is 14.4. The molecular formula is C14H18N2OS2. The van der Waals surface area contributed by atoms with E-state index >= 15 is 0 Å². The zero-order valence-electron chi connectivity index (χ0n) is 11.6. The van der Waals surface area contributed by atoms with Crippen molar-refractivity contribution in [3.63, 3.8) is 0 Å². The maximum absolute atomic E-state index is 11.3. The lowest BCUT2D eigenvalue weighted by Gasteiger charge is -2.22. The van der Waals surface area contributed by atoms with Crippen LogP contribution in [0.15, 0.2) is 16.8 Å². The highest BCUT2D eigenvalue weighted by Gasteiger charge is 2.16. The van der Waals surface area contributed by atoms with Crippen molar-refractivity contribution in [1.29, 1.82) is 0 Å². The quantitative estimate of drug-likeness (QED) is 0.784. The summed E-state index contributed by atoms with van der Waals surface area (Å²) >= 11 is 3.22. The summed E-state index contributed by atoms with van der Waals surface area (Å²) in [7, 11) is 2.09. The van der Waals surface area contributed by atoms with Crippen LogP contribution in [0, 0.1) is 6.92 Å². The van der Waals surface area contributed by atoms with Crippen LogP contribution < -0.4 is 0 Å². The molecule has 0 saturated heterocycles. The molecule has 0 aliphatic heterocycles. The van der Waals surface area contributed by atoms with Crippen molar-refractivity contribution in [2.24, 2.45) is 0 Å². The lowest BCUT2D eigenvalue weighted by Crippen LogP contribution is -2.21. The van der Waals surface area contributed by atoms with E-state index in [9.17, 15) is 4.79 Å². The molecule has 0 N–H and O–H groups in total. The van der Waals surface area contributed by atoms with Crippen LogP contribution in [-0.2, 0) is 6.54 Å². The number of aromatic nitrogens is 1. The maximum atomic E-state index is 11.3. The van der Waals surface area contributed by atoms with Gasteiger partial charge in [0.2, 0.25) is 0 Å². The molecule has 0 aromatic carbocycles. The molecule has 3 nitrogen and oxygen atoms in total. The van der Waals surface area contributed by atoms with Crippen LogP contribution in [0.25, 0.3) is 0 Å². The Morgan fingerprint density at radius 1 is 1.42 bits per heavy atom. The average molecular weight is 294 g/mol. The zero-order chi connectivity index (χ0) is 14.0. The minimum atomic E-state index is 0.141. The molecule has 0 saturated carbocycles. The van der Waals surface area contributed by atoms with Crippen LogP contribution in [-0.4, -0.2) is 22.7 Å². The number of hydrogen-bond donors (Lipinski definition) is 0.